The molecule has 1 unspecified atom stereocenters. The van der Waals surface area contributed by atoms with Crippen molar-refractivity contribution in [2.24, 2.45) is 11.3 Å². The lowest BCUT2D eigenvalue weighted by Gasteiger charge is -2.40. The number of hydrogen-bond acceptors (Lipinski definition) is 3. The fourth-order valence-electron chi connectivity index (χ4n) is 2.94. The zero-order valence-electron chi connectivity index (χ0n) is 11.8. The summed E-state index contributed by atoms with van der Waals surface area (Å²) in [5.41, 5.74) is 2.24. The lowest BCUT2D eigenvalue weighted by atomic mass is 9.63. The van der Waals surface area contributed by atoms with E-state index in [0.717, 1.165) is 24.0 Å². The van der Waals surface area contributed by atoms with Gasteiger partial charge in [0.1, 0.15) is 5.92 Å². The van der Waals surface area contributed by atoms with Crippen LogP contribution < -0.4 is 0 Å². The minimum Gasteiger partial charge on any atom is -0.465 e. The van der Waals surface area contributed by atoms with Crippen LogP contribution in [-0.2, 0) is 16.0 Å². The summed E-state index contributed by atoms with van der Waals surface area (Å²) < 4.78 is 5.18. The molecule has 0 spiro atoms. The Bertz CT molecular complexity index is 509. The largest absolute Gasteiger partial charge is 0.465 e. The number of rotatable bonds is 3. The Morgan fingerprint density at radius 3 is 2.74 bits per heavy atom. The molecule has 0 saturated heterocycles. The fraction of sp³-hybridized carbons (Fsp3) is 0.500. The van der Waals surface area contributed by atoms with Crippen molar-refractivity contribution in [1.82, 2.24) is 0 Å². The summed E-state index contributed by atoms with van der Waals surface area (Å²) in [7, 11) is 0. The van der Waals surface area contributed by atoms with Gasteiger partial charge in [-0.2, -0.15) is 0 Å². The Morgan fingerprint density at radius 1 is 1.42 bits per heavy atom. The highest BCUT2D eigenvalue weighted by atomic mass is 16.5. The highest BCUT2D eigenvalue weighted by Gasteiger charge is 2.45. The Balaban J connectivity index is 2.47. The Labute approximate surface area is 114 Å². The van der Waals surface area contributed by atoms with Gasteiger partial charge in [0.15, 0.2) is 0 Å². The predicted molar refractivity (Wildman–Crippen MR) is 75.5 cm³/mol. The maximum Gasteiger partial charge on any atom is 0.315 e. The first kappa shape index (κ1) is 13.8. The van der Waals surface area contributed by atoms with Crippen molar-refractivity contribution in [3.8, 4) is 0 Å². The number of nitrogens with one attached hydrogen (secondary N) is 1. The second-order valence-corrected chi connectivity index (χ2v) is 5.44. The van der Waals surface area contributed by atoms with Crippen LogP contribution in [0.3, 0.4) is 0 Å². The summed E-state index contributed by atoms with van der Waals surface area (Å²) in [6.45, 7) is 6.33. The third kappa shape index (κ3) is 2.29. The van der Waals surface area contributed by atoms with Gasteiger partial charge in [-0.1, -0.05) is 38.1 Å². The Morgan fingerprint density at radius 2 is 2.11 bits per heavy atom. The summed E-state index contributed by atoms with van der Waals surface area (Å²) in [6.07, 6.45) is 1.68. The van der Waals surface area contributed by atoms with Crippen LogP contribution in [0.25, 0.3) is 0 Å². The summed E-state index contributed by atoms with van der Waals surface area (Å²) in [5.74, 6) is -0.710. The van der Waals surface area contributed by atoms with E-state index in [9.17, 15) is 4.79 Å². The molecule has 19 heavy (non-hydrogen) atoms. The maximum absolute atomic E-state index is 12.2. The van der Waals surface area contributed by atoms with E-state index in [2.05, 4.69) is 19.9 Å². The average molecular weight is 259 g/mol. The van der Waals surface area contributed by atoms with Gasteiger partial charge in [0.25, 0.3) is 0 Å². The minimum absolute atomic E-state index is 0.225. The number of esters is 1. The highest BCUT2D eigenvalue weighted by Crippen LogP contribution is 2.42. The normalized spacial score (nSPS) is 25.8. The van der Waals surface area contributed by atoms with E-state index in [1.807, 2.05) is 25.1 Å². The van der Waals surface area contributed by atoms with E-state index < -0.39 is 5.92 Å². The molecule has 0 heterocycles. The van der Waals surface area contributed by atoms with Crippen LogP contribution in [0.2, 0.25) is 0 Å². The van der Waals surface area contributed by atoms with E-state index in [1.165, 1.54) is 0 Å². The van der Waals surface area contributed by atoms with Crippen molar-refractivity contribution in [3.05, 3.63) is 35.4 Å². The molecular weight excluding hydrogens is 238 g/mol. The van der Waals surface area contributed by atoms with E-state index >= 15 is 0 Å². The molecular formula is C16H21NO2. The van der Waals surface area contributed by atoms with Crippen LogP contribution in [0.15, 0.2) is 24.3 Å². The molecule has 1 aliphatic carbocycles. The van der Waals surface area contributed by atoms with Gasteiger partial charge in [0, 0.05) is 0 Å². The molecule has 3 nitrogen and oxygen atoms in total. The smallest absolute Gasteiger partial charge is 0.315 e. The number of benzene rings is 1. The van der Waals surface area contributed by atoms with Gasteiger partial charge in [-0.15, -0.1) is 0 Å². The average Bonchev–Trinajstić information content (AvgIpc) is 2.39. The summed E-state index contributed by atoms with van der Waals surface area (Å²) >= 11 is 0. The van der Waals surface area contributed by atoms with Crippen molar-refractivity contribution < 1.29 is 9.53 Å². The SMILES string of the molecule is CCOC(=O)C1C(=N)c2ccccc2C[C@@]1(C)CC. The van der Waals surface area contributed by atoms with Crippen molar-refractivity contribution in [2.75, 3.05) is 6.61 Å². The van der Waals surface area contributed by atoms with E-state index in [4.69, 9.17) is 10.1 Å². The molecule has 1 N–H and O–H groups in total. The molecule has 1 aromatic carbocycles. The molecule has 1 aromatic rings. The molecule has 2 atom stereocenters. The van der Waals surface area contributed by atoms with Gasteiger partial charge in [-0.25, -0.2) is 0 Å². The van der Waals surface area contributed by atoms with Gasteiger partial charge >= 0.3 is 5.97 Å². The third-order valence-electron chi connectivity index (χ3n) is 4.22. The van der Waals surface area contributed by atoms with Crippen molar-refractivity contribution in [2.45, 2.75) is 33.6 Å². The Hall–Kier alpha value is -1.64. The summed E-state index contributed by atoms with van der Waals surface area (Å²) in [4.78, 5) is 12.2. The summed E-state index contributed by atoms with van der Waals surface area (Å²) in [6, 6.07) is 7.90. The van der Waals surface area contributed by atoms with Crippen molar-refractivity contribution in [1.29, 1.82) is 5.41 Å². The summed E-state index contributed by atoms with van der Waals surface area (Å²) in [5, 5.41) is 8.39. The molecule has 0 radical (unpaired) electrons. The lowest BCUT2D eigenvalue weighted by molar-refractivity contribution is -0.149. The molecule has 3 heteroatoms. The first-order valence-corrected chi connectivity index (χ1v) is 6.87. The highest BCUT2D eigenvalue weighted by molar-refractivity contribution is 6.12. The maximum atomic E-state index is 12.2. The zero-order valence-corrected chi connectivity index (χ0v) is 11.8. The van der Waals surface area contributed by atoms with Crippen molar-refractivity contribution >= 4 is 11.7 Å². The monoisotopic (exact) mass is 259 g/mol. The third-order valence-corrected chi connectivity index (χ3v) is 4.22. The van der Waals surface area contributed by atoms with Crippen molar-refractivity contribution in [3.63, 3.8) is 0 Å². The van der Waals surface area contributed by atoms with Crippen LogP contribution in [0.5, 0.6) is 0 Å². The van der Waals surface area contributed by atoms with E-state index in [-0.39, 0.29) is 11.4 Å². The first-order valence-electron chi connectivity index (χ1n) is 6.87. The van der Waals surface area contributed by atoms with Gasteiger partial charge < -0.3 is 10.1 Å². The molecule has 0 aliphatic heterocycles. The lowest BCUT2D eigenvalue weighted by Crippen LogP contribution is -2.45. The molecule has 0 aromatic heterocycles. The van der Waals surface area contributed by atoms with Gasteiger partial charge in [0.05, 0.1) is 12.3 Å². The number of ether oxygens (including phenoxy) is 1. The fourth-order valence-corrected chi connectivity index (χ4v) is 2.94. The van der Waals surface area contributed by atoms with Gasteiger partial charge in [-0.3, -0.25) is 4.79 Å². The molecule has 102 valence electrons. The van der Waals surface area contributed by atoms with Gasteiger partial charge in [-0.05, 0) is 36.3 Å². The van der Waals surface area contributed by atoms with Crippen LogP contribution in [-0.4, -0.2) is 18.3 Å². The second kappa shape index (κ2) is 5.16. The Kier molecular flexibility index (Phi) is 3.74. The quantitative estimate of drug-likeness (QED) is 0.847. The van der Waals surface area contributed by atoms with Crippen LogP contribution in [0, 0.1) is 16.7 Å². The standard InChI is InChI=1S/C16H21NO2/c1-4-16(3)10-11-8-6-7-9-12(11)14(17)13(16)15(18)19-5-2/h6-9,13,17H,4-5,10H2,1-3H3/t13?,16-/m1/s1. The number of carbonyl (C=O) groups is 1. The topological polar surface area (TPSA) is 50.2 Å². The molecule has 0 fully saturated rings. The van der Waals surface area contributed by atoms with Crippen LogP contribution in [0.4, 0.5) is 0 Å². The molecule has 0 amide bonds. The van der Waals surface area contributed by atoms with E-state index in [0.29, 0.717) is 12.3 Å². The molecule has 2 rings (SSSR count). The number of carbonyl (C=O) groups excluding carboxylic acids is 1. The second-order valence-electron chi connectivity index (χ2n) is 5.44. The van der Waals surface area contributed by atoms with Crippen LogP contribution in [0.1, 0.15) is 38.3 Å². The molecule has 0 bridgehead atoms. The predicted octanol–water partition coefficient (Wildman–Crippen LogP) is 3.21. The van der Waals surface area contributed by atoms with Crippen LogP contribution >= 0.6 is 0 Å². The molecule has 1 aliphatic rings. The molecule has 0 saturated carbocycles. The minimum atomic E-state index is -0.452. The number of hydrogen-bond donors (Lipinski definition) is 1. The zero-order chi connectivity index (χ0) is 14.0. The number of fused-ring (bicyclic) bond motifs is 1. The van der Waals surface area contributed by atoms with Gasteiger partial charge in [0.2, 0.25) is 0 Å². The van der Waals surface area contributed by atoms with E-state index in [1.54, 1.807) is 0 Å². The first-order chi connectivity index (χ1) is 9.03.